The number of ether oxygens (including phenoxy) is 1. The lowest BCUT2D eigenvalue weighted by Crippen LogP contribution is -2.21. The Kier molecular flexibility index (Phi) is 5.13. The lowest BCUT2D eigenvalue weighted by atomic mass is 10.1. The number of rotatable bonds is 6. The summed E-state index contributed by atoms with van der Waals surface area (Å²) in [5, 5.41) is 4.02. The van der Waals surface area contributed by atoms with E-state index in [0.717, 1.165) is 44.0 Å². The average Bonchev–Trinajstić information content (AvgIpc) is 2.85. The molecule has 2 heterocycles. The monoisotopic (exact) mass is 253 g/mol. The summed E-state index contributed by atoms with van der Waals surface area (Å²) in [5.41, 5.74) is 5.58. The van der Waals surface area contributed by atoms with Crippen LogP contribution >= 0.6 is 0 Å². The number of nitrogens with two attached hydrogens (primary N) is 1. The molecule has 2 N–H and O–H groups in total. The van der Waals surface area contributed by atoms with E-state index in [0.29, 0.717) is 12.5 Å². The number of nitrogens with zero attached hydrogens (tertiary/aromatic N) is 2. The van der Waals surface area contributed by atoms with Gasteiger partial charge in [0.2, 0.25) is 5.89 Å². The maximum atomic E-state index is 5.67. The van der Waals surface area contributed by atoms with Gasteiger partial charge in [-0.2, -0.15) is 4.98 Å². The zero-order valence-corrected chi connectivity index (χ0v) is 11.1. The fraction of sp³-hybridized carbons (Fsp3) is 0.846. The van der Waals surface area contributed by atoms with Gasteiger partial charge in [0.1, 0.15) is 0 Å². The van der Waals surface area contributed by atoms with Gasteiger partial charge in [0.25, 0.3) is 0 Å². The molecule has 0 saturated carbocycles. The predicted molar refractivity (Wildman–Crippen MR) is 68.1 cm³/mol. The highest BCUT2D eigenvalue weighted by molar-refractivity contribution is 4.90. The Morgan fingerprint density at radius 3 is 3.06 bits per heavy atom. The highest BCUT2D eigenvalue weighted by atomic mass is 16.5. The van der Waals surface area contributed by atoms with Gasteiger partial charge in [-0.3, -0.25) is 0 Å². The zero-order chi connectivity index (χ0) is 12.8. The maximum absolute atomic E-state index is 5.67. The standard InChI is InChI=1S/C13H23N3O2/c1-10(9-14)5-6-13-15-12(16-18-13)8-11-4-2-3-7-17-11/h10-11H,2-9,14H2,1H3. The molecule has 1 aromatic heterocycles. The summed E-state index contributed by atoms with van der Waals surface area (Å²) in [4.78, 5) is 4.41. The highest BCUT2D eigenvalue weighted by Gasteiger charge is 2.17. The van der Waals surface area contributed by atoms with Crippen LogP contribution in [0.3, 0.4) is 0 Å². The van der Waals surface area contributed by atoms with E-state index in [4.69, 9.17) is 15.0 Å². The summed E-state index contributed by atoms with van der Waals surface area (Å²) in [6.45, 7) is 3.70. The van der Waals surface area contributed by atoms with Crippen LogP contribution in [0, 0.1) is 5.92 Å². The summed E-state index contributed by atoms with van der Waals surface area (Å²) < 4.78 is 10.9. The van der Waals surface area contributed by atoms with Crippen molar-refractivity contribution in [1.82, 2.24) is 10.1 Å². The molecule has 0 aliphatic carbocycles. The van der Waals surface area contributed by atoms with Gasteiger partial charge < -0.3 is 15.0 Å². The minimum absolute atomic E-state index is 0.271. The van der Waals surface area contributed by atoms with Crippen molar-refractivity contribution >= 4 is 0 Å². The first-order valence-electron chi connectivity index (χ1n) is 6.91. The van der Waals surface area contributed by atoms with Crippen LogP contribution in [0.1, 0.15) is 44.3 Å². The Morgan fingerprint density at radius 1 is 1.44 bits per heavy atom. The molecule has 0 aromatic carbocycles. The average molecular weight is 253 g/mol. The molecule has 5 nitrogen and oxygen atoms in total. The van der Waals surface area contributed by atoms with E-state index in [2.05, 4.69) is 17.1 Å². The van der Waals surface area contributed by atoms with E-state index in [1.165, 1.54) is 12.8 Å². The van der Waals surface area contributed by atoms with Crippen molar-refractivity contribution in [2.45, 2.75) is 51.6 Å². The second-order valence-corrected chi connectivity index (χ2v) is 5.18. The van der Waals surface area contributed by atoms with Crippen LogP contribution in [-0.2, 0) is 17.6 Å². The molecule has 1 aromatic rings. The first-order chi connectivity index (χ1) is 8.78. The van der Waals surface area contributed by atoms with Crippen molar-refractivity contribution in [2.75, 3.05) is 13.2 Å². The molecule has 2 rings (SSSR count). The van der Waals surface area contributed by atoms with Crippen LogP contribution in [0.25, 0.3) is 0 Å². The molecular weight excluding hydrogens is 230 g/mol. The minimum atomic E-state index is 0.271. The van der Waals surface area contributed by atoms with E-state index >= 15 is 0 Å². The van der Waals surface area contributed by atoms with Crippen LogP contribution in [-0.4, -0.2) is 29.4 Å². The van der Waals surface area contributed by atoms with Crippen LogP contribution in [0.2, 0.25) is 0 Å². The number of aromatic nitrogens is 2. The molecule has 5 heteroatoms. The smallest absolute Gasteiger partial charge is 0.226 e. The van der Waals surface area contributed by atoms with Crippen LogP contribution < -0.4 is 5.73 Å². The fourth-order valence-electron chi connectivity index (χ4n) is 2.13. The van der Waals surface area contributed by atoms with Crippen molar-refractivity contribution in [3.63, 3.8) is 0 Å². The van der Waals surface area contributed by atoms with E-state index in [-0.39, 0.29) is 6.10 Å². The summed E-state index contributed by atoms with van der Waals surface area (Å²) in [6.07, 6.45) is 6.38. The van der Waals surface area contributed by atoms with E-state index < -0.39 is 0 Å². The van der Waals surface area contributed by atoms with Crippen molar-refractivity contribution in [3.8, 4) is 0 Å². The SMILES string of the molecule is CC(CN)CCc1nc(CC2CCCCO2)no1. The zero-order valence-electron chi connectivity index (χ0n) is 11.1. The number of hydrogen-bond acceptors (Lipinski definition) is 5. The molecule has 0 radical (unpaired) electrons. The lowest BCUT2D eigenvalue weighted by molar-refractivity contribution is 0.0153. The molecule has 0 bridgehead atoms. The molecule has 1 saturated heterocycles. The van der Waals surface area contributed by atoms with E-state index in [9.17, 15) is 0 Å². The molecule has 2 unspecified atom stereocenters. The van der Waals surface area contributed by atoms with Crippen LogP contribution in [0.4, 0.5) is 0 Å². The molecule has 18 heavy (non-hydrogen) atoms. The van der Waals surface area contributed by atoms with Crippen molar-refractivity contribution in [3.05, 3.63) is 11.7 Å². The summed E-state index contributed by atoms with van der Waals surface area (Å²) in [5.74, 6) is 2.00. The van der Waals surface area contributed by atoms with Crippen molar-refractivity contribution in [1.29, 1.82) is 0 Å². The lowest BCUT2D eigenvalue weighted by Gasteiger charge is -2.20. The van der Waals surface area contributed by atoms with Gasteiger partial charge in [-0.05, 0) is 38.1 Å². The summed E-state index contributed by atoms with van der Waals surface area (Å²) in [6, 6.07) is 0. The van der Waals surface area contributed by atoms with Gasteiger partial charge in [0.05, 0.1) is 6.10 Å². The first kappa shape index (κ1) is 13.5. The third-order valence-electron chi connectivity index (χ3n) is 3.45. The Bertz CT molecular complexity index is 348. The molecular formula is C13H23N3O2. The Hall–Kier alpha value is -0.940. The second-order valence-electron chi connectivity index (χ2n) is 5.18. The summed E-state index contributed by atoms with van der Waals surface area (Å²) >= 11 is 0. The third kappa shape index (κ3) is 4.07. The highest BCUT2D eigenvalue weighted by Crippen LogP contribution is 2.16. The quantitative estimate of drug-likeness (QED) is 0.835. The van der Waals surface area contributed by atoms with Gasteiger partial charge in [-0.15, -0.1) is 0 Å². The number of aryl methyl sites for hydroxylation is 1. The van der Waals surface area contributed by atoms with Gasteiger partial charge in [0, 0.05) is 19.4 Å². The fourth-order valence-corrected chi connectivity index (χ4v) is 2.13. The first-order valence-corrected chi connectivity index (χ1v) is 6.91. The van der Waals surface area contributed by atoms with E-state index in [1.807, 2.05) is 0 Å². The Labute approximate surface area is 108 Å². The molecule has 1 aliphatic heterocycles. The number of hydrogen-bond donors (Lipinski definition) is 1. The molecule has 102 valence electrons. The van der Waals surface area contributed by atoms with Gasteiger partial charge in [-0.1, -0.05) is 12.1 Å². The predicted octanol–water partition coefficient (Wildman–Crippen LogP) is 1.71. The topological polar surface area (TPSA) is 74.2 Å². The van der Waals surface area contributed by atoms with Crippen molar-refractivity contribution in [2.24, 2.45) is 11.7 Å². The van der Waals surface area contributed by atoms with E-state index in [1.54, 1.807) is 0 Å². The summed E-state index contributed by atoms with van der Waals surface area (Å²) in [7, 11) is 0. The van der Waals surface area contributed by atoms with Gasteiger partial charge in [-0.25, -0.2) is 0 Å². The Balaban J connectivity index is 1.78. The maximum Gasteiger partial charge on any atom is 0.226 e. The van der Waals surface area contributed by atoms with Gasteiger partial charge >= 0.3 is 0 Å². The Morgan fingerprint density at radius 2 is 2.33 bits per heavy atom. The molecule has 0 amide bonds. The van der Waals surface area contributed by atoms with Crippen LogP contribution in [0.15, 0.2) is 4.52 Å². The van der Waals surface area contributed by atoms with Gasteiger partial charge in [0.15, 0.2) is 5.82 Å². The third-order valence-corrected chi connectivity index (χ3v) is 3.45. The second kappa shape index (κ2) is 6.85. The molecule has 0 spiro atoms. The van der Waals surface area contributed by atoms with Crippen molar-refractivity contribution < 1.29 is 9.26 Å². The molecule has 1 aliphatic rings. The normalized spacial score (nSPS) is 22.0. The minimum Gasteiger partial charge on any atom is -0.378 e. The molecule has 1 fully saturated rings. The largest absolute Gasteiger partial charge is 0.378 e. The molecule has 2 atom stereocenters. The van der Waals surface area contributed by atoms with Crippen LogP contribution in [0.5, 0.6) is 0 Å².